The summed E-state index contributed by atoms with van der Waals surface area (Å²) in [6, 6.07) is 18.7. The van der Waals surface area contributed by atoms with Crippen molar-refractivity contribution in [3.05, 3.63) is 114 Å². The van der Waals surface area contributed by atoms with E-state index in [1.807, 2.05) is 24.3 Å². The summed E-state index contributed by atoms with van der Waals surface area (Å²) in [6.07, 6.45) is 2.28. The van der Waals surface area contributed by atoms with Crippen LogP contribution < -0.4 is 9.80 Å². The number of halogens is 4. The quantitative estimate of drug-likeness (QED) is 0.180. The zero-order valence-corrected chi connectivity index (χ0v) is 26.7. The summed E-state index contributed by atoms with van der Waals surface area (Å²) < 4.78 is 61.6. The van der Waals surface area contributed by atoms with Gasteiger partial charge in [-0.25, -0.2) is 18.4 Å². The zero-order chi connectivity index (χ0) is 34.3. The molecule has 2 N–H and O–H groups in total. The van der Waals surface area contributed by atoms with Gasteiger partial charge in [0.05, 0.1) is 17.6 Å². The Hall–Kier alpha value is -5.37. The summed E-state index contributed by atoms with van der Waals surface area (Å²) >= 11 is 0. The maximum atomic E-state index is 16.1. The average molecular weight is 672 g/mol. The highest BCUT2D eigenvalue weighted by Crippen LogP contribution is 2.47. The average Bonchev–Trinajstić information content (AvgIpc) is 3.78. The Morgan fingerprint density at radius 2 is 1.55 bits per heavy atom. The maximum absolute atomic E-state index is 16.1. The highest BCUT2D eigenvalue weighted by molar-refractivity contribution is 5.80. The molecule has 0 aliphatic carbocycles. The van der Waals surface area contributed by atoms with Crippen LogP contribution in [0, 0.1) is 11.6 Å². The number of tetrazole rings is 1. The van der Waals surface area contributed by atoms with Crippen molar-refractivity contribution < 1.29 is 22.7 Å². The minimum Gasteiger partial charge on any atom is -0.377 e. The third kappa shape index (κ3) is 6.07. The standard InChI is InChI=1S/C35H33F4N9O/c1-22(2)33-42-30-11-9-27(18-31(30)43-33)47-15-13-46(14-16-47)26-7-3-23(4-8-26)24-5-12-32(40-19-24)35(38,39)34(49,20-48-21-41-44-45-48)28-10-6-25(36)17-29(28)37/h3-12,17-19,21-22,49H,13-16,20H2,1-2H3,(H,42,43). The second-order valence-corrected chi connectivity index (χ2v) is 12.5. The molecule has 3 aromatic carbocycles. The molecular weight excluding hydrogens is 638 g/mol. The molecule has 4 heterocycles. The number of rotatable bonds is 9. The van der Waals surface area contributed by atoms with Gasteiger partial charge < -0.3 is 19.9 Å². The Morgan fingerprint density at radius 1 is 0.857 bits per heavy atom. The van der Waals surface area contributed by atoms with Gasteiger partial charge in [0, 0.05) is 66.9 Å². The van der Waals surface area contributed by atoms with E-state index in [2.05, 4.69) is 67.3 Å². The molecule has 49 heavy (non-hydrogen) atoms. The molecule has 0 bridgehead atoms. The highest BCUT2D eigenvalue weighted by Gasteiger charge is 2.58. The molecule has 1 atom stereocenters. The van der Waals surface area contributed by atoms with Gasteiger partial charge in [-0.1, -0.05) is 32.0 Å². The number of anilines is 2. The molecule has 1 saturated heterocycles. The van der Waals surface area contributed by atoms with Crippen LogP contribution in [0.15, 0.2) is 85.3 Å². The molecule has 1 aliphatic heterocycles. The van der Waals surface area contributed by atoms with E-state index in [1.54, 1.807) is 0 Å². The van der Waals surface area contributed by atoms with Crippen molar-refractivity contribution in [2.45, 2.75) is 37.8 Å². The third-order valence-corrected chi connectivity index (χ3v) is 9.01. The van der Waals surface area contributed by atoms with Crippen molar-refractivity contribution in [2.24, 2.45) is 0 Å². The number of benzene rings is 3. The van der Waals surface area contributed by atoms with E-state index >= 15 is 8.78 Å². The molecule has 1 fully saturated rings. The largest absolute Gasteiger partial charge is 0.377 e. The van der Waals surface area contributed by atoms with Crippen molar-refractivity contribution in [3.63, 3.8) is 0 Å². The zero-order valence-electron chi connectivity index (χ0n) is 26.7. The van der Waals surface area contributed by atoms with Gasteiger partial charge in [-0.3, -0.25) is 4.98 Å². The number of nitrogens with one attached hydrogen (secondary N) is 1. The van der Waals surface area contributed by atoms with Gasteiger partial charge in [-0.05, 0) is 64.5 Å². The van der Waals surface area contributed by atoms with Crippen LogP contribution in [0.4, 0.5) is 28.9 Å². The van der Waals surface area contributed by atoms with Crippen LogP contribution in [0.25, 0.3) is 22.2 Å². The molecule has 1 unspecified atom stereocenters. The third-order valence-electron chi connectivity index (χ3n) is 9.01. The first-order valence-electron chi connectivity index (χ1n) is 15.8. The van der Waals surface area contributed by atoms with Crippen molar-refractivity contribution in [1.82, 2.24) is 35.2 Å². The lowest BCUT2D eigenvalue weighted by molar-refractivity contribution is -0.207. The number of H-pyrrole nitrogens is 1. The van der Waals surface area contributed by atoms with Crippen molar-refractivity contribution in [3.8, 4) is 11.1 Å². The molecule has 0 radical (unpaired) electrons. The Balaban J connectivity index is 1.05. The van der Waals surface area contributed by atoms with Crippen LogP contribution in [0.3, 0.4) is 0 Å². The number of aliphatic hydroxyl groups is 1. The molecule has 14 heteroatoms. The number of piperazine rings is 1. The lowest BCUT2D eigenvalue weighted by Gasteiger charge is -2.37. The fourth-order valence-electron chi connectivity index (χ4n) is 6.20. The van der Waals surface area contributed by atoms with E-state index < -0.39 is 41.0 Å². The van der Waals surface area contributed by atoms with Gasteiger partial charge in [-0.15, -0.1) is 5.10 Å². The molecule has 3 aromatic heterocycles. The maximum Gasteiger partial charge on any atom is 0.323 e. The second-order valence-electron chi connectivity index (χ2n) is 12.5. The summed E-state index contributed by atoms with van der Waals surface area (Å²) in [4.78, 5) is 16.8. The minimum atomic E-state index is -4.14. The number of nitrogens with zero attached hydrogens (tertiary/aromatic N) is 8. The van der Waals surface area contributed by atoms with Crippen LogP contribution in [-0.2, 0) is 18.1 Å². The summed E-state index contributed by atoms with van der Waals surface area (Å²) in [7, 11) is 0. The number of aromatic amines is 1. The molecule has 0 amide bonds. The molecule has 7 rings (SSSR count). The monoisotopic (exact) mass is 671 g/mol. The Bertz CT molecular complexity index is 2060. The van der Waals surface area contributed by atoms with Gasteiger partial charge in [0.2, 0.25) is 0 Å². The van der Waals surface area contributed by atoms with Gasteiger partial charge >= 0.3 is 5.92 Å². The number of pyridine rings is 1. The van der Waals surface area contributed by atoms with Gasteiger partial charge in [0.25, 0.3) is 0 Å². The molecule has 6 aromatic rings. The normalized spacial score (nSPS) is 15.3. The van der Waals surface area contributed by atoms with Crippen LogP contribution in [0.5, 0.6) is 0 Å². The first kappa shape index (κ1) is 32.2. The number of alkyl halides is 2. The van der Waals surface area contributed by atoms with Crippen LogP contribution >= 0.6 is 0 Å². The number of imidazole rings is 1. The van der Waals surface area contributed by atoms with E-state index in [9.17, 15) is 13.9 Å². The van der Waals surface area contributed by atoms with Crippen molar-refractivity contribution in [2.75, 3.05) is 36.0 Å². The molecule has 252 valence electrons. The topological polar surface area (TPSA) is 112 Å². The van der Waals surface area contributed by atoms with E-state index in [-0.39, 0.29) is 0 Å². The van der Waals surface area contributed by atoms with E-state index in [4.69, 9.17) is 4.98 Å². The lowest BCUT2D eigenvalue weighted by Crippen LogP contribution is -2.48. The fourth-order valence-corrected chi connectivity index (χ4v) is 6.20. The Labute approximate surface area is 279 Å². The number of aromatic nitrogens is 7. The van der Waals surface area contributed by atoms with Gasteiger partial charge in [-0.2, -0.15) is 8.78 Å². The molecular formula is C35H33F4N9O. The smallest absolute Gasteiger partial charge is 0.323 e. The molecule has 10 nitrogen and oxygen atoms in total. The first-order valence-corrected chi connectivity index (χ1v) is 15.8. The second kappa shape index (κ2) is 12.6. The highest BCUT2D eigenvalue weighted by atomic mass is 19.3. The Morgan fingerprint density at radius 3 is 2.18 bits per heavy atom. The predicted molar refractivity (Wildman–Crippen MR) is 176 cm³/mol. The molecule has 0 spiro atoms. The van der Waals surface area contributed by atoms with E-state index in [0.717, 1.165) is 89.2 Å². The van der Waals surface area contributed by atoms with Gasteiger partial charge in [0.15, 0.2) is 5.60 Å². The van der Waals surface area contributed by atoms with Crippen LogP contribution in [-0.4, -0.2) is 66.4 Å². The van der Waals surface area contributed by atoms with Crippen LogP contribution in [0.2, 0.25) is 0 Å². The summed E-state index contributed by atoms with van der Waals surface area (Å²) in [5.41, 5.74) is 0.671. The predicted octanol–water partition coefficient (Wildman–Crippen LogP) is 6.02. The number of hydrogen-bond donors (Lipinski definition) is 2. The van der Waals surface area contributed by atoms with Gasteiger partial charge in [0.1, 0.15) is 29.5 Å². The first-order chi connectivity index (χ1) is 23.5. The fraction of sp³-hybridized carbons (Fsp3) is 0.286. The van der Waals surface area contributed by atoms with E-state index in [0.29, 0.717) is 17.5 Å². The molecule has 1 aliphatic rings. The van der Waals surface area contributed by atoms with Crippen molar-refractivity contribution in [1.29, 1.82) is 0 Å². The van der Waals surface area contributed by atoms with Crippen LogP contribution in [0.1, 0.15) is 36.8 Å². The number of fused-ring (bicyclic) bond motifs is 1. The Kier molecular flexibility index (Phi) is 8.27. The number of hydrogen-bond acceptors (Lipinski definition) is 8. The summed E-state index contributed by atoms with van der Waals surface area (Å²) in [5.74, 6) is -5.15. The SMILES string of the molecule is CC(C)c1nc2cc(N3CCN(c4ccc(-c5ccc(C(F)(F)C(O)(Cn6cnnn6)c6ccc(F)cc6F)nc5)cc4)CC3)ccc2[nH]1. The summed E-state index contributed by atoms with van der Waals surface area (Å²) in [5, 5.41) is 21.8. The minimum absolute atomic E-state index is 0.327. The summed E-state index contributed by atoms with van der Waals surface area (Å²) in [6.45, 7) is 6.64. The molecule has 0 saturated carbocycles. The lowest BCUT2D eigenvalue weighted by atomic mass is 9.84. The van der Waals surface area contributed by atoms with Crippen molar-refractivity contribution >= 4 is 22.4 Å². The van der Waals surface area contributed by atoms with E-state index in [1.165, 1.54) is 12.3 Å².